The molecule has 6 heteroatoms. The van der Waals surface area contributed by atoms with Crippen LogP contribution in [0, 0.1) is 5.92 Å². The van der Waals surface area contributed by atoms with Gasteiger partial charge >= 0.3 is 12.0 Å². The van der Waals surface area contributed by atoms with E-state index in [1.165, 1.54) is 0 Å². The van der Waals surface area contributed by atoms with E-state index in [1.54, 1.807) is 0 Å². The number of hydrogen-bond donors (Lipinski definition) is 1. The van der Waals surface area contributed by atoms with Gasteiger partial charge in [0, 0.05) is 12.3 Å². The second-order valence-corrected chi connectivity index (χ2v) is 3.11. The Morgan fingerprint density at radius 3 is 2.07 bits per heavy atom. The summed E-state index contributed by atoms with van der Waals surface area (Å²) in [5.41, 5.74) is 0. The smallest absolute Gasteiger partial charge is 0.355 e. The van der Waals surface area contributed by atoms with Crippen molar-refractivity contribution in [2.75, 3.05) is 0 Å². The van der Waals surface area contributed by atoms with Gasteiger partial charge in [0.2, 0.25) is 0 Å². The molecule has 0 aliphatic heterocycles. The third-order valence-electron chi connectivity index (χ3n) is 1.86. The maximum Gasteiger partial charge on any atom is 0.448 e. The number of hydrogen-bond acceptors (Lipinski definition) is 1. The summed E-state index contributed by atoms with van der Waals surface area (Å²) < 4.78 is 61.4. The molecule has 0 fully saturated rings. The van der Waals surface area contributed by atoms with E-state index in [4.69, 9.17) is 5.11 Å². The Hall–Kier alpha value is -0.910. The summed E-state index contributed by atoms with van der Waals surface area (Å²) in [6, 6.07) is 0. The molecule has 1 N–H and O–H groups in total. The van der Waals surface area contributed by atoms with Gasteiger partial charge in [-0.05, 0) is 6.42 Å². The lowest BCUT2D eigenvalue weighted by atomic mass is 9.92. The fourth-order valence-electron chi connectivity index (χ4n) is 1.07. The van der Waals surface area contributed by atoms with Gasteiger partial charge in [0.25, 0.3) is 0 Å². The van der Waals surface area contributed by atoms with Gasteiger partial charge in [0.05, 0.1) is 5.83 Å². The van der Waals surface area contributed by atoms with E-state index in [-0.39, 0.29) is 0 Å². The molecule has 0 radical (unpaired) electrons. The van der Waals surface area contributed by atoms with Gasteiger partial charge in [-0.15, -0.1) is 6.58 Å². The highest BCUT2D eigenvalue weighted by molar-refractivity contribution is 4.94. The van der Waals surface area contributed by atoms with Crippen molar-refractivity contribution in [1.82, 2.24) is 0 Å². The minimum atomic E-state index is -5.46. The molecule has 0 aromatic heterocycles. The molecule has 0 aromatic rings. The molecule has 2 unspecified atom stereocenters. The minimum Gasteiger partial charge on any atom is -0.355 e. The summed E-state index contributed by atoms with van der Waals surface area (Å²) in [6.07, 6.45) is -5.89. The first-order valence-electron chi connectivity index (χ1n) is 4.05. The van der Waals surface area contributed by atoms with Gasteiger partial charge in [-0.1, -0.05) is 12.7 Å². The second kappa shape index (κ2) is 4.74. The Morgan fingerprint density at radius 2 is 1.80 bits per heavy atom. The lowest BCUT2D eigenvalue weighted by molar-refractivity contribution is -0.335. The first kappa shape index (κ1) is 14.1. The van der Waals surface area contributed by atoms with Gasteiger partial charge < -0.3 is 5.11 Å². The van der Waals surface area contributed by atoms with Crippen molar-refractivity contribution >= 4 is 0 Å². The van der Waals surface area contributed by atoms with E-state index in [2.05, 4.69) is 13.2 Å². The highest BCUT2D eigenvalue weighted by atomic mass is 19.4. The first-order chi connectivity index (χ1) is 6.63. The first-order valence-corrected chi connectivity index (χ1v) is 4.05. The Bertz CT molecular complexity index is 243. The maximum atomic E-state index is 13.0. The number of halogens is 5. The molecule has 0 saturated heterocycles. The quantitative estimate of drug-likeness (QED) is 0.567. The van der Waals surface area contributed by atoms with Crippen LogP contribution in [0.25, 0.3) is 0 Å². The standard InChI is InChI=1S/C9H11F5O/c1-3-4-7(5-6(2)10)8(11,15)9(12,13)14/h3,7,15H,1-2,4-5H2. The molecule has 0 heterocycles. The Morgan fingerprint density at radius 1 is 1.33 bits per heavy atom. The Kier molecular flexibility index (Phi) is 4.45. The Labute approximate surface area is 83.9 Å². The Balaban J connectivity index is 4.88. The van der Waals surface area contributed by atoms with E-state index in [1.807, 2.05) is 0 Å². The van der Waals surface area contributed by atoms with E-state index in [0.717, 1.165) is 6.08 Å². The number of rotatable bonds is 5. The van der Waals surface area contributed by atoms with Crippen LogP contribution < -0.4 is 0 Å². The van der Waals surface area contributed by atoms with Crippen molar-refractivity contribution in [2.45, 2.75) is 24.9 Å². The van der Waals surface area contributed by atoms with Crippen molar-refractivity contribution < 1.29 is 27.1 Å². The largest absolute Gasteiger partial charge is 0.448 e. The molecule has 0 aromatic carbocycles. The van der Waals surface area contributed by atoms with Crippen LogP contribution in [0.15, 0.2) is 25.1 Å². The molecular weight excluding hydrogens is 219 g/mol. The van der Waals surface area contributed by atoms with Crippen molar-refractivity contribution in [3.05, 3.63) is 25.1 Å². The molecule has 0 bridgehead atoms. The molecule has 0 spiro atoms. The molecule has 0 saturated carbocycles. The normalized spacial score (nSPS) is 18.0. The van der Waals surface area contributed by atoms with E-state index in [0.29, 0.717) is 0 Å². The number of allylic oxidation sites excluding steroid dienone is 2. The third-order valence-corrected chi connectivity index (χ3v) is 1.86. The molecule has 0 amide bonds. The number of aliphatic hydroxyl groups is 1. The SMILES string of the molecule is C=CCC(CC(=C)F)C(O)(F)C(F)(F)F. The topological polar surface area (TPSA) is 20.2 Å². The van der Waals surface area contributed by atoms with Crippen LogP contribution >= 0.6 is 0 Å². The monoisotopic (exact) mass is 230 g/mol. The van der Waals surface area contributed by atoms with E-state index >= 15 is 0 Å². The van der Waals surface area contributed by atoms with Crippen molar-refractivity contribution in [2.24, 2.45) is 5.92 Å². The van der Waals surface area contributed by atoms with Crippen LogP contribution in [-0.2, 0) is 0 Å². The highest BCUT2D eigenvalue weighted by Gasteiger charge is 2.59. The summed E-state index contributed by atoms with van der Waals surface area (Å²) in [5.74, 6) is -7.52. The lowest BCUT2D eigenvalue weighted by Gasteiger charge is -2.29. The van der Waals surface area contributed by atoms with Crippen LogP contribution in [-0.4, -0.2) is 17.1 Å². The van der Waals surface area contributed by atoms with Crippen molar-refractivity contribution in [3.63, 3.8) is 0 Å². The van der Waals surface area contributed by atoms with Crippen LogP contribution in [0.4, 0.5) is 22.0 Å². The van der Waals surface area contributed by atoms with Crippen LogP contribution in [0.3, 0.4) is 0 Å². The molecule has 1 nitrogen and oxygen atoms in total. The summed E-state index contributed by atoms with van der Waals surface area (Å²) in [7, 11) is 0. The summed E-state index contributed by atoms with van der Waals surface area (Å²) in [6.45, 7) is 5.83. The highest BCUT2D eigenvalue weighted by Crippen LogP contribution is 2.41. The second-order valence-electron chi connectivity index (χ2n) is 3.11. The van der Waals surface area contributed by atoms with Gasteiger partial charge in [-0.25, -0.2) is 8.78 Å². The van der Waals surface area contributed by atoms with E-state index < -0.39 is 36.6 Å². The van der Waals surface area contributed by atoms with Crippen molar-refractivity contribution in [3.8, 4) is 0 Å². The predicted octanol–water partition coefficient (Wildman–Crippen LogP) is 3.27. The summed E-state index contributed by atoms with van der Waals surface area (Å²) in [4.78, 5) is 0. The average molecular weight is 230 g/mol. The van der Waals surface area contributed by atoms with Gasteiger partial charge in [0.15, 0.2) is 0 Å². The van der Waals surface area contributed by atoms with Crippen molar-refractivity contribution in [1.29, 1.82) is 0 Å². The summed E-state index contributed by atoms with van der Waals surface area (Å²) in [5, 5.41) is 8.64. The molecule has 2 atom stereocenters. The van der Waals surface area contributed by atoms with E-state index in [9.17, 15) is 22.0 Å². The molecule has 0 aliphatic carbocycles. The fraction of sp³-hybridized carbons (Fsp3) is 0.556. The van der Waals surface area contributed by atoms with Crippen LogP contribution in [0.2, 0.25) is 0 Å². The molecular formula is C9H11F5O. The zero-order valence-electron chi connectivity index (χ0n) is 7.82. The molecule has 88 valence electrons. The average Bonchev–Trinajstić information content (AvgIpc) is 2.00. The zero-order valence-corrected chi connectivity index (χ0v) is 7.82. The zero-order chi connectivity index (χ0) is 12.3. The maximum absolute atomic E-state index is 13.0. The predicted molar refractivity (Wildman–Crippen MR) is 45.3 cm³/mol. The van der Waals surface area contributed by atoms with Gasteiger partial charge in [-0.2, -0.15) is 13.2 Å². The lowest BCUT2D eigenvalue weighted by Crippen LogP contribution is -2.47. The van der Waals surface area contributed by atoms with Crippen LogP contribution in [0.1, 0.15) is 12.8 Å². The van der Waals surface area contributed by atoms with Crippen LogP contribution in [0.5, 0.6) is 0 Å². The van der Waals surface area contributed by atoms with Gasteiger partial charge in [0.1, 0.15) is 0 Å². The minimum absolute atomic E-state index is 0.505. The summed E-state index contributed by atoms with van der Waals surface area (Å²) >= 11 is 0. The fourth-order valence-corrected chi connectivity index (χ4v) is 1.07. The molecule has 0 rings (SSSR count). The number of alkyl halides is 4. The third kappa shape index (κ3) is 3.62. The van der Waals surface area contributed by atoms with Gasteiger partial charge in [-0.3, -0.25) is 0 Å². The molecule has 0 aliphatic rings. The molecule has 15 heavy (non-hydrogen) atoms.